The molecule has 0 saturated heterocycles. The molecule has 0 amide bonds. The Morgan fingerprint density at radius 2 is 1.08 bits per heavy atom. The van der Waals surface area contributed by atoms with E-state index in [9.17, 15) is 0 Å². The van der Waals surface area contributed by atoms with Crippen LogP contribution in [0, 0.1) is 0 Å². The maximum atomic E-state index is 6.25. The third-order valence-electron chi connectivity index (χ3n) is 3.86. The van der Waals surface area contributed by atoms with Crippen LogP contribution < -0.4 is 0 Å². The number of nitrogens with zero attached hydrogens (tertiary/aromatic N) is 1. The largest absolute Gasteiger partial charge is 0.434 e. The van der Waals surface area contributed by atoms with E-state index in [-0.39, 0.29) is 0 Å². The van der Waals surface area contributed by atoms with Crippen molar-refractivity contribution in [3.05, 3.63) is 90.1 Å². The molecule has 3 heteroatoms. The third kappa shape index (κ3) is 2.84. The van der Waals surface area contributed by atoms with E-state index in [4.69, 9.17) is 16.0 Å². The van der Waals surface area contributed by atoms with Crippen LogP contribution in [0.2, 0.25) is 5.15 Å². The Morgan fingerprint density at radius 3 is 1.71 bits per heavy atom. The molecule has 0 bridgehead atoms. The van der Waals surface area contributed by atoms with Crippen LogP contribution in [0.5, 0.6) is 0 Å². The van der Waals surface area contributed by atoms with Gasteiger partial charge in [0.2, 0.25) is 5.89 Å². The SMILES string of the molecule is Clc1nc(-c2ccc(-c3ccccc3)cc2)oc1-c1ccccc1. The van der Waals surface area contributed by atoms with Crippen molar-refractivity contribution in [2.45, 2.75) is 0 Å². The van der Waals surface area contributed by atoms with Crippen molar-refractivity contribution >= 4 is 11.6 Å². The van der Waals surface area contributed by atoms with Gasteiger partial charge < -0.3 is 4.42 Å². The van der Waals surface area contributed by atoms with Crippen molar-refractivity contribution in [3.8, 4) is 33.9 Å². The van der Waals surface area contributed by atoms with Crippen LogP contribution in [-0.2, 0) is 0 Å². The Labute approximate surface area is 145 Å². The topological polar surface area (TPSA) is 26.0 Å². The van der Waals surface area contributed by atoms with Gasteiger partial charge in [-0.15, -0.1) is 0 Å². The van der Waals surface area contributed by atoms with Gasteiger partial charge in [-0.1, -0.05) is 84.4 Å². The number of halogens is 1. The predicted octanol–water partition coefficient (Wildman–Crippen LogP) is 6.33. The van der Waals surface area contributed by atoms with Gasteiger partial charge in [0.25, 0.3) is 0 Å². The van der Waals surface area contributed by atoms with Gasteiger partial charge in [-0.2, -0.15) is 4.98 Å². The Kier molecular flexibility index (Phi) is 3.89. The summed E-state index contributed by atoms with van der Waals surface area (Å²) in [4.78, 5) is 4.36. The van der Waals surface area contributed by atoms with Gasteiger partial charge in [-0.25, -0.2) is 0 Å². The summed E-state index contributed by atoms with van der Waals surface area (Å²) in [5.41, 5.74) is 4.15. The minimum Gasteiger partial charge on any atom is -0.434 e. The molecule has 4 aromatic rings. The molecule has 0 fully saturated rings. The molecule has 116 valence electrons. The molecule has 2 nitrogen and oxygen atoms in total. The molecular formula is C21H14ClNO. The zero-order valence-electron chi connectivity index (χ0n) is 12.8. The molecular weight excluding hydrogens is 318 g/mol. The highest BCUT2D eigenvalue weighted by Gasteiger charge is 2.14. The Bertz CT molecular complexity index is 944. The minimum atomic E-state index is 0.378. The number of benzene rings is 3. The predicted molar refractivity (Wildman–Crippen MR) is 97.8 cm³/mol. The van der Waals surface area contributed by atoms with E-state index in [1.54, 1.807) is 0 Å². The molecule has 0 saturated carbocycles. The quantitative estimate of drug-likeness (QED) is 0.438. The van der Waals surface area contributed by atoms with Crippen LogP contribution in [0.3, 0.4) is 0 Å². The summed E-state index contributed by atoms with van der Waals surface area (Å²) in [6, 6.07) is 28.1. The van der Waals surface area contributed by atoms with E-state index < -0.39 is 0 Å². The summed E-state index contributed by atoms with van der Waals surface area (Å²) in [6.45, 7) is 0. The van der Waals surface area contributed by atoms with Crippen molar-refractivity contribution in [2.24, 2.45) is 0 Å². The van der Waals surface area contributed by atoms with Crippen LogP contribution in [0.1, 0.15) is 0 Å². The van der Waals surface area contributed by atoms with Crippen molar-refractivity contribution in [1.82, 2.24) is 4.98 Å². The molecule has 0 aliphatic heterocycles. The second-order valence-electron chi connectivity index (χ2n) is 5.45. The molecule has 0 spiro atoms. The summed E-state index contributed by atoms with van der Waals surface area (Å²) in [7, 11) is 0. The summed E-state index contributed by atoms with van der Waals surface area (Å²) in [6.07, 6.45) is 0. The summed E-state index contributed by atoms with van der Waals surface area (Å²) >= 11 is 6.25. The van der Waals surface area contributed by atoms with Crippen molar-refractivity contribution in [3.63, 3.8) is 0 Å². The number of hydrogen-bond acceptors (Lipinski definition) is 2. The average molecular weight is 332 g/mol. The molecule has 4 rings (SSSR count). The van der Waals surface area contributed by atoms with E-state index in [1.165, 1.54) is 5.56 Å². The van der Waals surface area contributed by atoms with Crippen LogP contribution in [0.15, 0.2) is 89.3 Å². The average Bonchev–Trinajstić information content (AvgIpc) is 3.05. The molecule has 24 heavy (non-hydrogen) atoms. The molecule has 3 aromatic carbocycles. The molecule has 0 atom stereocenters. The van der Waals surface area contributed by atoms with Gasteiger partial charge in [0.05, 0.1) is 0 Å². The first-order valence-corrected chi connectivity index (χ1v) is 8.07. The number of aromatic nitrogens is 1. The smallest absolute Gasteiger partial charge is 0.228 e. The normalized spacial score (nSPS) is 10.7. The van der Waals surface area contributed by atoms with Gasteiger partial charge in [-0.3, -0.25) is 0 Å². The Balaban J connectivity index is 1.68. The highest BCUT2D eigenvalue weighted by molar-refractivity contribution is 6.31. The maximum Gasteiger partial charge on any atom is 0.228 e. The van der Waals surface area contributed by atoms with Gasteiger partial charge >= 0.3 is 0 Å². The van der Waals surface area contributed by atoms with E-state index >= 15 is 0 Å². The maximum absolute atomic E-state index is 6.25. The molecule has 0 radical (unpaired) electrons. The van der Waals surface area contributed by atoms with Crippen LogP contribution in [0.25, 0.3) is 33.9 Å². The fourth-order valence-corrected chi connectivity index (χ4v) is 2.85. The van der Waals surface area contributed by atoms with Crippen LogP contribution >= 0.6 is 11.6 Å². The standard InChI is InChI=1S/C21H14ClNO/c22-20-19(17-9-5-2-6-10-17)24-21(23-20)18-13-11-16(12-14-18)15-7-3-1-4-8-15/h1-14H. The Hall–Kier alpha value is -2.84. The second-order valence-corrected chi connectivity index (χ2v) is 5.81. The fraction of sp³-hybridized carbons (Fsp3) is 0. The van der Waals surface area contributed by atoms with Crippen LogP contribution in [-0.4, -0.2) is 4.98 Å². The highest BCUT2D eigenvalue weighted by atomic mass is 35.5. The van der Waals surface area contributed by atoms with Gasteiger partial charge in [0.15, 0.2) is 10.9 Å². The van der Waals surface area contributed by atoms with Gasteiger partial charge in [0.1, 0.15) is 0 Å². The minimum absolute atomic E-state index is 0.378. The first-order chi connectivity index (χ1) is 11.8. The van der Waals surface area contributed by atoms with Crippen molar-refractivity contribution < 1.29 is 4.42 Å². The number of rotatable bonds is 3. The second kappa shape index (κ2) is 6.34. The zero-order chi connectivity index (χ0) is 16.4. The first kappa shape index (κ1) is 14.7. The van der Waals surface area contributed by atoms with Crippen molar-refractivity contribution in [1.29, 1.82) is 0 Å². The van der Waals surface area contributed by atoms with Gasteiger partial charge in [-0.05, 0) is 23.3 Å². The monoisotopic (exact) mass is 331 g/mol. The van der Waals surface area contributed by atoms with E-state index in [1.807, 2.05) is 60.7 Å². The summed E-state index contributed by atoms with van der Waals surface area (Å²) < 4.78 is 5.89. The lowest BCUT2D eigenvalue weighted by atomic mass is 10.0. The van der Waals surface area contributed by atoms with Crippen molar-refractivity contribution in [2.75, 3.05) is 0 Å². The third-order valence-corrected chi connectivity index (χ3v) is 4.12. The summed E-state index contributed by atoms with van der Waals surface area (Å²) in [5.74, 6) is 1.12. The zero-order valence-corrected chi connectivity index (χ0v) is 13.6. The highest BCUT2D eigenvalue weighted by Crippen LogP contribution is 2.33. The molecule has 0 aliphatic carbocycles. The van der Waals surface area contributed by atoms with E-state index in [0.29, 0.717) is 16.8 Å². The van der Waals surface area contributed by atoms with E-state index in [0.717, 1.165) is 16.7 Å². The Morgan fingerprint density at radius 1 is 0.583 bits per heavy atom. The molecule has 0 N–H and O–H groups in total. The lowest BCUT2D eigenvalue weighted by molar-refractivity contribution is 0.589. The molecule has 0 unspecified atom stereocenters. The molecule has 0 aliphatic rings. The summed E-state index contributed by atoms with van der Waals surface area (Å²) in [5, 5.41) is 0.378. The number of hydrogen-bond donors (Lipinski definition) is 0. The van der Waals surface area contributed by atoms with Gasteiger partial charge in [0, 0.05) is 11.1 Å². The number of oxazole rings is 1. The van der Waals surface area contributed by atoms with E-state index in [2.05, 4.69) is 29.2 Å². The fourth-order valence-electron chi connectivity index (χ4n) is 2.63. The molecule has 1 aromatic heterocycles. The van der Waals surface area contributed by atoms with Crippen LogP contribution in [0.4, 0.5) is 0 Å². The first-order valence-electron chi connectivity index (χ1n) is 7.69. The lowest BCUT2D eigenvalue weighted by Gasteiger charge is -2.02. The molecule has 1 heterocycles. The lowest BCUT2D eigenvalue weighted by Crippen LogP contribution is -1.80.